The summed E-state index contributed by atoms with van der Waals surface area (Å²) in [6.07, 6.45) is -3.73. The molecule has 0 unspecified atom stereocenters. The summed E-state index contributed by atoms with van der Waals surface area (Å²) in [7, 11) is 1.25. The van der Waals surface area contributed by atoms with Crippen LogP contribution in [-0.2, 0) is 38.0 Å². The first-order valence-electron chi connectivity index (χ1n) is 15.4. The minimum atomic E-state index is -1.62. The minimum Gasteiger partial charge on any atom is -0.467 e. The smallest absolute Gasteiger partial charge is 0.410 e. The molecule has 7 atom stereocenters. The van der Waals surface area contributed by atoms with Gasteiger partial charge in [0, 0.05) is 50.9 Å². The summed E-state index contributed by atoms with van der Waals surface area (Å²) in [5.41, 5.74) is 6.22. The average Bonchev–Trinajstić information content (AvgIpc) is 3.51. The van der Waals surface area contributed by atoms with E-state index in [9.17, 15) is 19.5 Å². The number of hydrogen-bond acceptors (Lipinski definition) is 12. The SMILES string of the molecule is COC(=O)[C@@]1(CCN2CCOC[C@@]23CCN(C(=O)OC(C)(C)C)C3)C[C@H](O)[C@@H](NC(C)=O)[C@H]([C@@H]2OC(C)(C)O[C@@H]2CN=[N+]=[N-])O1. The fourth-order valence-electron chi connectivity index (χ4n) is 6.87. The van der Waals surface area contributed by atoms with Crippen molar-refractivity contribution in [2.75, 3.05) is 53.0 Å². The van der Waals surface area contributed by atoms with Crippen molar-refractivity contribution in [3.8, 4) is 0 Å². The largest absolute Gasteiger partial charge is 0.467 e. The average molecular weight is 641 g/mol. The molecule has 0 radical (unpaired) electrons. The lowest BCUT2D eigenvalue weighted by Crippen LogP contribution is -2.68. The quantitative estimate of drug-likeness (QED) is 0.169. The Bertz CT molecular complexity index is 1160. The number of nitrogens with zero attached hydrogens (tertiary/aromatic N) is 5. The molecule has 45 heavy (non-hydrogen) atoms. The second-order valence-electron chi connectivity index (χ2n) is 13.8. The van der Waals surface area contributed by atoms with Crippen molar-refractivity contribution in [3.05, 3.63) is 10.4 Å². The van der Waals surface area contributed by atoms with Gasteiger partial charge in [0.2, 0.25) is 5.91 Å². The van der Waals surface area contributed by atoms with Crippen LogP contribution < -0.4 is 5.32 Å². The molecule has 0 aromatic carbocycles. The summed E-state index contributed by atoms with van der Waals surface area (Å²) in [5.74, 6) is -2.18. The third-order valence-corrected chi connectivity index (χ3v) is 8.78. The van der Waals surface area contributed by atoms with Crippen LogP contribution in [0.3, 0.4) is 0 Å². The summed E-state index contributed by atoms with van der Waals surface area (Å²) in [4.78, 5) is 45.4. The van der Waals surface area contributed by atoms with Crippen LogP contribution in [0.1, 0.15) is 60.8 Å². The third kappa shape index (κ3) is 7.99. The number of nitrogens with one attached hydrogen (secondary N) is 1. The van der Waals surface area contributed by atoms with Gasteiger partial charge in [-0.05, 0) is 46.6 Å². The van der Waals surface area contributed by atoms with E-state index in [0.717, 1.165) is 0 Å². The van der Waals surface area contributed by atoms with E-state index in [2.05, 4.69) is 20.2 Å². The molecule has 0 saturated carbocycles. The first-order valence-corrected chi connectivity index (χ1v) is 15.4. The number of aliphatic hydroxyl groups is 1. The maximum Gasteiger partial charge on any atom is 0.410 e. The molecule has 2 N–H and O–H groups in total. The van der Waals surface area contributed by atoms with Crippen LogP contribution in [0.25, 0.3) is 10.4 Å². The Balaban J connectivity index is 1.60. The first kappa shape index (κ1) is 35.1. The number of likely N-dealkylation sites (tertiary alicyclic amines) is 1. The standard InChI is InChI=1S/C29H48N6O10/c1-18(36)32-21-19(37)14-29(24(38)40-7,44-23(21)22-20(15-31-33-30)42-27(5,6)43-22)9-11-35-12-13-41-17-28(35)8-10-34(16-28)25(39)45-26(2,3)4/h19-23,37H,8-17H2,1-7H3,(H,32,36)/t19-,20+,21+,22+,23+,28-,29+/m0/s1. The maximum absolute atomic E-state index is 13.6. The molecular formula is C29H48N6O10. The number of rotatable bonds is 8. The highest BCUT2D eigenvalue weighted by atomic mass is 16.8. The second kappa shape index (κ2) is 13.6. The van der Waals surface area contributed by atoms with Gasteiger partial charge in [-0.2, -0.15) is 0 Å². The molecule has 16 nitrogen and oxygen atoms in total. The number of carbonyl (C=O) groups is 3. The summed E-state index contributed by atoms with van der Waals surface area (Å²) in [6.45, 7) is 12.8. The summed E-state index contributed by atoms with van der Waals surface area (Å²) in [5, 5.41) is 17.9. The highest BCUT2D eigenvalue weighted by Crippen LogP contribution is 2.41. The second-order valence-corrected chi connectivity index (χ2v) is 13.8. The van der Waals surface area contributed by atoms with Crippen LogP contribution in [0.2, 0.25) is 0 Å². The molecule has 4 aliphatic heterocycles. The van der Waals surface area contributed by atoms with Crippen molar-refractivity contribution in [1.29, 1.82) is 0 Å². The van der Waals surface area contributed by atoms with Crippen molar-refractivity contribution in [1.82, 2.24) is 15.1 Å². The molecule has 254 valence electrons. The highest BCUT2D eigenvalue weighted by Gasteiger charge is 2.59. The molecule has 0 aromatic heterocycles. The zero-order valence-electron chi connectivity index (χ0n) is 27.3. The van der Waals surface area contributed by atoms with Gasteiger partial charge in [0.15, 0.2) is 11.4 Å². The fraction of sp³-hybridized carbons (Fsp3) is 0.897. The molecule has 4 saturated heterocycles. The molecule has 4 rings (SSSR count). The highest BCUT2D eigenvalue weighted by molar-refractivity contribution is 5.80. The van der Waals surface area contributed by atoms with E-state index in [1.54, 1.807) is 18.7 Å². The number of aliphatic hydroxyl groups excluding tert-OH is 1. The van der Waals surface area contributed by atoms with E-state index in [1.165, 1.54) is 14.0 Å². The van der Waals surface area contributed by atoms with Crippen LogP contribution in [0.4, 0.5) is 4.79 Å². The van der Waals surface area contributed by atoms with Gasteiger partial charge in [0.25, 0.3) is 0 Å². The Labute approximate surface area is 263 Å². The normalized spacial score (nSPS) is 35.1. The van der Waals surface area contributed by atoms with Crippen LogP contribution in [0.15, 0.2) is 5.11 Å². The fourth-order valence-corrected chi connectivity index (χ4v) is 6.87. The molecule has 0 aliphatic carbocycles. The topological polar surface area (TPSA) is 194 Å². The predicted molar refractivity (Wildman–Crippen MR) is 158 cm³/mol. The Morgan fingerprint density at radius 3 is 2.53 bits per heavy atom. The number of methoxy groups -OCH3 is 1. The molecule has 2 amide bonds. The monoisotopic (exact) mass is 640 g/mol. The summed E-state index contributed by atoms with van der Waals surface area (Å²) in [6, 6.07) is -0.955. The van der Waals surface area contributed by atoms with Gasteiger partial charge < -0.3 is 43.7 Å². The van der Waals surface area contributed by atoms with Crippen LogP contribution in [0.5, 0.6) is 0 Å². The van der Waals surface area contributed by atoms with Gasteiger partial charge in [-0.3, -0.25) is 9.69 Å². The van der Waals surface area contributed by atoms with Crippen LogP contribution in [0, 0.1) is 0 Å². The molecule has 0 bridgehead atoms. The van der Waals surface area contributed by atoms with Gasteiger partial charge in [-0.25, -0.2) is 9.59 Å². The lowest BCUT2D eigenvalue weighted by molar-refractivity contribution is -0.234. The Morgan fingerprint density at radius 1 is 1.16 bits per heavy atom. The molecule has 4 fully saturated rings. The molecule has 4 heterocycles. The van der Waals surface area contributed by atoms with Crippen LogP contribution in [-0.4, -0.2) is 139 Å². The number of ether oxygens (including phenoxy) is 6. The van der Waals surface area contributed by atoms with Crippen molar-refractivity contribution in [2.45, 2.75) is 114 Å². The molecule has 0 aromatic rings. The van der Waals surface area contributed by atoms with E-state index < -0.39 is 71.0 Å². The van der Waals surface area contributed by atoms with Gasteiger partial charge >= 0.3 is 12.1 Å². The Hall–Kier alpha value is -2.72. The van der Waals surface area contributed by atoms with Gasteiger partial charge in [0.1, 0.15) is 17.8 Å². The number of azide groups is 1. The summed E-state index contributed by atoms with van der Waals surface area (Å²) >= 11 is 0. The Kier molecular flexibility index (Phi) is 10.6. The van der Waals surface area contributed by atoms with E-state index in [0.29, 0.717) is 45.8 Å². The molecule has 1 spiro atoms. The molecular weight excluding hydrogens is 592 g/mol. The van der Waals surface area contributed by atoms with E-state index >= 15 is 0 Å². The van der Waals surface area contributed by atoms with Crippen LogP contribution >= 0.6 is 0 Å². The maximum atomic E-state index is 13.6. The van der Waals surface area contributed by atoms with Gasteiger partial charge in [-0.15, -0.1) is 0 Å². The van der Waals surface area contributed by atoms with Crippen molar-refractivity contribution in [2.24, 2.45) is 5.11 Å². The lowest BCUT2D eigenvalue weighted by Gasteiger charge is -2.49. The third-order valence-electron chi connectivity index (χ3n) is 8.78. The lowest BCUT2D eigenvalue weighted by atomic mass is 9.81. The minimum absolute atomic E-state index is 0.0942. The zero-order chi connectivity index (χ0) is 33.2. The summed E-state index contributed by atoms with van der Waals surface area (Å²) < 4.78 is 35.5. The predicted octanol–water partition coefficient (Wildman–Crippen LogP) is 1.49. The first-order chi connectivity index (χ1) is 21.0. The molecule has 4 aliphatic rings. The van der Waals surface area contributed by atoms with Gasteiger partial charge in [-0.1, -0.05) is 5.11 Å². The number of esters is 1. The number of morpholine rings is 1. The van der Waals surface area contributed by atoms with Crippen molar-refractivity contribution in [3.63, 3.8) is 0 Å². The Morgan fingerprint density at radius 2 is 1.89 bits per heavy atom. The van der Waals surface area contributed by atoms with Crippen molar-refractivity contribution < 1.29 is 47.9 Å². The van der Waals surface area contributed by atoms with Gasteiger partial charge in [0.05, 0.1) is 50.7 Å². The number of hydrogen-bond donors (Lipinski definition) is 2. The van der Waals surface area contributed by atoms with Crippen molar-refractivity contribution >= 4 is 18.0 Å². The zero-order valence-corrected chi connectivity index (χ0v) is 27.3. The van der Waals surface area contributed by atoms with E-state index in [1.807, 2.05) is 20.8 Å². The molecule has 16 heteroatoms. The van der Waals surface area contributed by atoms with E-state index in [4.69, 9.17) is 34.0 Å². The number of amides is 2. The number of carbonyl (C=O) groups excluding carboxylic acids is 3. The van der Waals surface area contributed by atoms with E-state index in [-0.39, 0.29) is 19.4 Å².